The lowest BCUT2D eigenvalue weighted by Gasteiger charge is -2.32. The zero-order chi connectivity index (χ0) is 11.5. The summed E-state index contributed by atoms with van der Waals surface area (Å²) in [5, 5.41) is 10.9. The van der Waals surface area contributed by atoms with Gasteiger partial charge < -0.3 is 10.8 Å². The molecule has 0 aliphatic rings. The summed E-state index contributed by atoms with van der Waals surface area (Å²) < 4.78 is 0. The molecule has 0 aliphatic heterocycles. The number of hydrogen-bond acceptors (Lipinski definition) is 2. The number of halogens is 1. The van der Waals surface area contributed by atoms with Crippen molar-refractivity contribution in [3.05, 3.63) is 34.9 Å². The van der Waals surface area contributed by atoms with E-state index in [0.717, 1.165) is 12.0 Å². The van der Waals surface area contributed by atoms with Gasteiger partial charge in [0.2, 0.25) is 0 Å². The van der Waals surface area contributed by atoms with Gasteiger partial charge in [0, 0.05) is 17.0 Å². The first-order valence-corrected chi connectivity index (χ1v) is 5.55. The first-order chi connectivity index (χ1) is 7.05. The zero-order valence-corrected chi connectivity index (χ0v) is 9.96. The molecule has 0 fully saturated rings. The standard InChI is InChI=1S/C12H18ClNO/c1-3-12(2,8-14)11(15)9-6-4-5-7-10(9)13/h4-7,11,15H,3,8,14H2,1-2H3. The third-order valence-electron chi connectivity index (χ3n) is 3.13. The number of hydrogen-bond donors (Lipinski definition) is 2. The molecule has 3 N–H and O–H groups in total. The third-order valence-corrected chi connectivity index (χ3v) is 3.48. The second kappa shape index (κ2) is 4.97. The van der Waals surface area contributed by atoms with Crippen LogP contribution in [0.5, 0.6) is 0 Å². The highest BCUT2D eigenvalue weighted by Crippen LogP contribution is 2.38. The Morgan fingerprint density at radius 2 is 2.07 bits per heavy atom. The van der Waals surface area contributed by atoms with Gasteiger partial charge in [-0.05, 0) is 18.1 Å². The van der Waals surface area contributed by atoms with Crippen molar-refractivity contribution in [3.63, 3.8) is 0 Å². The van der Waals surface area contributed by atoms with Crippen molar-refractivity contribution in [2.75, 3.05) is 6.54 Å². The Labute approximate surface area is 96.1 Å². The number of nitrogens with two attached hydrogens (primary N) is 1. The van der Waals surface area contributed by atoms with Crippen LogP contribution in [-0.4, -0.2) is 11.7 Å². The summed E-state index contributed by atoms with van der Waals surface area (Å²) in [4.78, 5) is 0. The molecule has 0 bridgehead atoms. The van der Waals surface area contributed by atoms with Crippen LogP contribution < -0.4 is 5.73 Å². The second-order valence-corrected chi connectivity index (χ2v) is 4.54. The zero-order valence-electron chi connectivity index (χ0n) is 9.20. The van der Waals surface area contributed by atoms with E-state index in [0.29, 0.717) is 11.6 Å². The maximum absolute atomic E-state index is 10.3. The maximum Gasteiger partial charge on any atom is 0.0869 e. The van der Waals surface area contributed by atoms with Crippen LogP contribution in [0.3, 0.4) is 0 Å². The molecular weight excluding hydrogens is 210 g/mol. The highest BCUT2D eigenvalue weighted by atomic mass is 35.5. The molecule has 0 saturated carbocycles. The highest BCUT2D eigenvalue weighted by molar-refractivity contribution is 6.31. The molecule has 2 unspecified atom stereocenters. The minimum absolute atomic E-state index is 0.314. The molecule has 0 amide bonds. The third kappa shape index (κ3) is 2.51. The van der Waals surface area contributed by atoms with E-state index in [1.165, 1.54) is 0 Å². The Morgan fingerprint density at radius 3 is 2.53 bits per heavy atom. The van der Waals surface area contributed by atoms with Gasteiger partial charge >= 0.3 is 0 Å². The number of aliphatic hydroxyl groups excluding tert-OH is 1. The molecule has 1 aromatic rings. The van der Waals surface area contributed by atoms with Crippen molar-refractivity contribution in [1.29, 1.82) is 0 Å². The van der Waals surface area contributed by atoms with Crippen LogP contribution in [0.2, 0.25) is 5.02 Å². The largest absolute Gasteiger partial charge is 0.388 e. The van der Waals surface area contributed by atoms with E-state index < -0.39 is 6.10 Å². The highest BCUT2D eigenvalue weighted by Gasteiger charge is 2.31. The lowest BCUT2D eigenvalue weighted by Crippen LogP contribution is -2.33. The van der Waals surface area contributed by atoms with Gasteiger partial charge in [-0.2, -0.15) is 0 Å². The average molecular weight is 228 g/mol. The van der Waals surface area contributed by atoms with Crippen LogP contribution in [0.15, 0.2) is 24.3 Å². The Balaban J connectivity index is 3.03. The molecule has 2 atom stereocenters. The summed E-state index contributed by atoms with van der Waals surface area (Å²) in [6, 6.07) is 7.35. The molecule has 0 aromatic heterocycles. The Kier molecular flexibility index (Phi) is 4.14. The van der Waals surface area contributed by atoms with Crippen molar-refractivity contribution >= 4 is 11.6 Å². The molecule has 0 spiro atoms. The maximum atomic E-state index is 10.3. The Morgan fingerprint density at radius 1 is 1.47 bits per heavy atom. The van der Waals surface area contributed by atoms with Gasteiger partial charge in [-0.15, -0.1) is 0 Å². The van der Waals surface area contributed by atoms with Gasteiger partial charge in [0.1, 0.15) is 0 Å². The van der Waals surface area contributed by atoms with E-state index in [1.54, 1.807) is 6.07 Å². The average Bonchev–Trinajstić information content (AvgIpc) is 2.28. The number of aliphatic hydroxyl groups is 1. The van der Waals surface area contributed by atoms with E-state index in [2.05, 4.69) is 0 Å². The SMILES string of the molecule is CCC(C)(CN)C(O)c1ccccc1Cl. The van der Waals surface area contributed by atoms with E-state index in [-0.39, 0.29) is 5.41 Å². The van der Waals surface area contributed by atoms with Gasteiger partial charge in [0.05, 0.1) is 6.10 Å². The van der Waals surface area contributed by atoms with Crippen molar-refractivity contribution in [2.45, 2.75) is 26.4 Å². The van der Waals surface area contributed by atoms with Crippen molar-refractivity contribution in [2.24, 2.45) is 11.1 Å². The molecule has 3 heteroatoms. The summed E-state index contributed by atoms with van der Waals surface area (Å²) >= 11 is 6.04. The fourth-order valence-electron chi connectivity index (χ4n) is 1.52. The van der Waals surface area contributed by atoms with Crippen LogP contribution in [0.1, 0.15) is 31.9 Å². The molecule has 1 rings (SSSR count). The van der Waals surface area contributed by atoms with Gasteiger partial charge in [-0.3, -0.25) is 0 Å². The van der Waals surface area contributed by atoms with Gasteiger partial charge in [0.25, 0.3) is 0 Å². The topological polar surface area (TPSA) is 46.2 Å². The van der Waals surface area contributed by atoms with E-state index in [9.17, 15) is 5.11 Å². The van der Waals surface area contributed by atoms with Crippen molar-refractivity contribution in [1.82, 2.24) is 0 Å². The first-order valence-electron chi connectivity index (χ1n) is 5.17. The van der Waals surface area contributed by atoms with E-state index >= 15 is 0 Å². The molecule has 1 aromatic carbocycles. The number of rotatable bonds is 4. The summed E-state index contributed by atoms with van der Waals surface area (Å²) in [6.45, 7) is 4.43. The van der Waals surface area contributed by atoms with Gasteiger partial charge in [-0.25, -0.2) is 0 Å². The minimum Gasteiger partial charge on any atom is -0.388 e. The molecule has 84 valence electrons. The second-order valence-electron chi connectivity index (χ2n) is 4.14. The molecule has 2 nitrogen and oxygen atoms in total. The first kappa shape index (κ1) is 12.5. The Bertz CT molecular complexity index is 323. The van der Waals surface area contributed by atoms with Crippen LogP contribution >= 0.6 is 11.6 Å². The van der Waals surface area contributed by atoms with E-state index in [4.69, 9.17) is 17.3 Å². The summed E-state index contributed by atoms with van der Waals surface area (Å²) in [7, 11) is 0. The molecule has 0 radical (unpaired) electrons. The molecule has 15 heavy (non-hydrogen) atoms. The van der Waals surface area contributed by atoms with Crippen LogP contribution in [0, 0.1) is 5.41 Å². The monoisotopic (exact) mass is 227 g/mol. The van der Waals surface area contributed by atoms with Crippen LogP contribution in [-0.2, 0) is 0 Å². The number of benzene rings is 1. The van der Waals surface area contributed by atoms with Crippen LogP contribution in [0.25, 0.3) is 0 Å². The molecular formula is C12H18ClNO. The summed E-state index contributed by atoms with van der Waals surface area (Å²) in [5.41, 5.74) is 6.15. The fraction of sp³-hybridized carbons (Fsp3) is 0.500. The quantitative estimate of drug-likeness (QED) is 0.831. The van der Waals surface area contributed by atoms with E-state index in [1.807, 2.05) is 32.0 Å². The lowest BCUT2D eigenvalue weighted by molar-refractivity contribution is 0.0392. The van der Waals surface area contributed by atoms with Crippen molar-refractivity contribution < 1.29 is 5.11 Å². The smallest absolute Gasteiger partial charge is 0.0869 e. The van der Waals surface area contributed by atoms with Crippen LogP contribution in [0.4, 0.5) is 0 Å². The van der Waals surface area contributed by atoms with Gasteiger partial charge in [0.15, 0.2) is 0 Å². The Hall–Kier alpha value is -0.570. The lowest BCUT2D eigenvalue weighted by atomic mass is 9.78. The normalized spacial score (nSPS) is 17.1. The molecule has 0 saturated heterocycles. The predicted octanol–water partition coefficient (Wildman–Crippen LogP) is 2.75. The predicted molar refractivity (Wildman–Crippen MR) is 63.9 cm³/mol. The van der Waals surface area contributed by atoms with Gasteiger partial charge in [-0.1, -0.05) is 43.6 Å². The summed E-state index contributed by atoms with van der Waals surface area (Å²) in [5.74, 6) is 0. The van der Waals surface area contributed by atoms with Crippen molar-refractivity contribution in [3.8, 4) is 0 Å². The minimum atomic E-state index is -0.610. The molecule has 0 aliphatic carbocycles. The summed E-state index contributed by atoms with van der Waals surface area (Å²) in [6.07, 6.45) is 0.205. The molecule has 0 heterocycles. The fourth-order valence-corrected chi connectivity index (χ4v) is 1.76.